The number of hydrogen-bond acceptors (Lipinski definition) is 7. The van der Waals surface area contributed by atoms with Gasteiger partial charge < -0.3 is 10.1 Å². The van der Waals surface area contributed by atoms with Crippen molar-refractivity contribution >= 4 is 5.91 Å². The topological polar surface area (TPSA) is 80.9 Å². The Bertz CT molecular complexity index is 335. The summed E-state index contributed by atoms with van der Waals surface area (Å²) < 4.78 is 5.12. The maximum Gasteiger partial charge on any atom is 0.241 e. The Kier molecular flexibility index (Phi) is 3.96. The lowest BCUT2D eigenvalue weighted by Crippen LogP contribution is -2.62. The number of carbonyl (C=O) groups is 1. The van der Waals surface area contributed by atoms with Crippen molar-refractivity contribution in [3.63, 3.8) is 0 Å². The summed E-state index contributed by atoms with van der Waals surface area (Å²) in [7, 11) is 1.66. The van der Waals surface area contributed by atoms with Crippen molar-refractivity contribution in [2.24, 2.45) is 0 Å². The second kappa shape index (κ2) is 5.70. The third kappa shape index (κ3) is 2.73. The Morgan fingerprint density at radius 1 is 1.26 bits per heavy atom. The molecule has 8 nitrogen and oxygen atoms in total. The van der Waals surface area contributed by atoms with Gasteiger partial charge in [-0.2, -0.15) is 5.43 Å². The molecule has 19 heavy (non-hydrogen) atoms. The molecule has 3 heterocycles. The summed E-state index contributed by atoms with van der Waals surface area (Å²) in [4.78, 5) is 14.4. The van der Waals surface area contributed by atoms with Gasteiger partial charge in [-0.15, -0.1) is 0 Å². The van der Waals surface area contributed by atoms with Crippen LogP contribution in [0.4, 0.5) is 0 Å². The van der Waals surface area contributed by atoms with Crippen LogP contribution in [0.5, 0.6) is 0 Å². The summed E-state index contributed by atoms with van der Waals surface area (Å²) in [6.45, 7) is 4.47. The van der Waals surface area contributed by atoms with E-state index in [1.54, 1.807) is 12.1 Å². The van der Waals surface area contributed by atoms with Crippen molar-refractivity contribution < 1.29 is 9.53 Å². The normalized spacial score (nSPS) is 36.6. The van der Waals surface area contributed by atoms with Crippen molar-refractivity contribution in [3.05, 3.63) is 0 Å². The smallest absolute Gasteiger partial charge is 0.241 e. The van der Waals surface area contributed by atoms with E-state index in [9.17, 15) is 4.79 Å². The van der Waals surface area contributed by atoms with Crippen molar-refractivity contribution in [1.82, 2.24) is 31.3 Å². The molecule has 3 unspecified atom stereocenters. The zero-order valence-electron chi connectivity index (χ0n) is 11.2. The van der Waals surface area contributed by atoms with E-state index >= 15 is 0 Å². The van der Waals surface area contributed by atoms with Gasteiger partial charge in [-0.1, -0.05) is 0 Å². The van der Waals surface area contributed by atoms with Gasteiger partial charge in [-0.05, 0) is 0 Å². The minimum Gasteiger partial charge on any atom is -0.383 e. The molecule has 1 amide bonds. The van der Waals surface area contributed by atoms with Crippen LogP contribution >= 0.6 is 0 Å². The number of piperazine rings is 1. The number of nitrogens with zero attached hydrogens (tertiary/aromatic N) is 2. The first-order valence-corrected chi connectivity index (χ1v) is 6.82. The summed E-state index contributed by atoms with van der Waals surface area (Å²) in [5.74, 6) is 0.107. The number of nitrogens with one attached hydrogen (secondary N) is 4. The molecule has 3 rings (SSSR count). The van der Waals surface area contributed by atoms with E-state index in [0.29, 0.717) is 13.0 Å². The fourth-order valence-corrected chi connectivity index (χ4v) is 2.83. The first-order valence-electron chi connectivity index (χ1n) is 6.82. The minimum atomic E-state index is -0.152. The number of hydrogen-bond donors (Lipinski definition) is 4. The summed E-state index contributed by atoms with van der Waals surface area (Å²) in [6, 6.07) is 0.0785. The monoisotopic (exact) mass is 270 g/mol. The lowest BCUT2D eigenvalue weighted by Gasteiger charge is -2.34. The molecule has 3 aliphatic rings. The Morgan fingerprint density at radius 3 is 2.79 bits per heavy atom. The van der Waals surface area contributed by atoms with Crippen molar-refractivity contribution in [2.45, 2.75) is 25.0 Å². The fourth-order valence-electron chi connectivity index (χ4n) is 2.83. The molecule has 0 aromatic heterocycles. The van der Waals surface area contributed by atoms with Crippen LogP contribution in [0, 0.1) is 0 Å². The number of rotatable bonds is 3. The molecule has 0 aromatic rings. The molecule has 4 N–H and O–H groups in total. The average Bonchev–Trinajstić information content (AvgIpc) is 2.85. The van der Waals surface area contributed by atoms with E-state index in [1.165, 1.54) is 0 Å². The number of fused-ring (bicyclic) bond motifs is 1. The van der Waals surface area contributed by atoms with Crippen LogP contribution in [0.1, 0.15) is 6.42 Å². The van der Waals surface area contributed by atoms with Crippen LogP contribution < -0.4 is 21.4 Å². The standard InChI is InChI=1S/C11H22N6O2/c1-19-7-8-6-9(18)17-10(13-8)14-11(15-17)16-4-2-12-3-5-16/h8,10-15H,2-7H2,1H3. The first kappa shape index (κ1) is 13.2. The fraction of sp³-hybridized carbons (Fsp3) is 0.909. The summed E-state index contributed by atoms with van der Waals surface area (Å²) >= 11 is 0. The van der Waals surface area contributed by atoms with Gasteiger partial charge in [0.25, 0.3) is 0 Å². The largest absolute Gasteiger partial charge is 0.383 e. The van der Waals surface area contributed by atoms with Gasteiger partial charge in [0.15, 0.2) is 6.29 Å². The third-order valence-corrected chi connectivity index (χ3v) is 3.80. The summed E-state index contributed by atoms with van der Waals surface area (Å²) in [5.41, 5.74) is 3.24. The Morgan fingerprint density at radius 2 is 2.05 bits per heavy atom. The second-order valence-corrected chi connectivity index (χ2v) is 5.17. The minimum absolute atomic E-state index is 0.0184. The molecule has 0 radical (unpaired) electrons. The van der Waals surface area contributed by atoms with Gasteiger partial charge in [0.05, 0.1) is 6.61 Å². The molecular weight excluding hydrogens is 248 g/mol. The molecule has 3 saturated heterocycles. The second-order valence-electron chi connectivity index (χ2n) is 5.17. The lowest BCUT2D eigenvalue weighted by atomic mass is 10.1. The van der Waals surface area contributed by atoms with Gasteiger partial charge in [-0.3, -0.25) is 20.3 Å². The molecule has 0 aliphatic carbocycles. The number of ether oxygens (including phenoxy) is 1. The maximum atomic E-state index is 12.1. The van der Waals surface area contributed by atoms with Crippen LogP contribution in [-0.4, -0.2) is 74.3 Å². The highest BCUT2D eigenvalue weighted by Gasteiger charge is 2.42. The number of amides is 1. The molecule has 0 bridgehead atoms. The van der Waals surface area contributed by atoms with Crippen LogP contribution in [0.3, 0.4) is 0 Å². The highest BCUT2D eigenvalue weighted by Crippen LogP contribution is 2.14. The Balaban J connectivity index is 1.61. The maximum absolute atomic E-state index is 12.1. The zero-order valence-corrected chi connectivity index (χ0v) is 11.2. The van der Waals surface area contributed by atoms with E-state index in [0.717, 1.165) is 26.2 Å². The summed E-state index contributed by atoms with van der Waals surface area (Å²) in [5, 5.41) is 11.8. The highest BCUT2D eigenvalue weighted by molar-refractivity contribution is 5.77. The number of hydrazine groups is 1. The van der Waals surface area contributed by atoms with E-state index in [4.69, 9.17) is 4.74 Å². The molecule has 0 aromatic carbocycles. The predicted octanol–water partition coefficient (Wildman–Crippen LogP) is -2.60. The van der Waals surface area contributed by atoms with Gasteiger partial charge in [-0.25, -0.2) is 5.01 Å². The SMILES string of the molecule is COCC1CC(=O)N2NC(N3CCNCC3)NC2N1. The number of methoxy groups -OCH3 is 1. The van der Waals surface area contributed by atoms with Crippen LogP contribution in [0.15, 0.2) is 0 Å². The quantitative estimate of drug-likeness (QED) is 0.448. The molecule has 3 aliphatic heterocycles. The molecule has 3 fully saturated rings. The first-order chi connectivity index (χ1) is 9.28. The van der Waals surface area contributed by atoms with Gasteiger partial charge >= 0.3 is 0 Å². The molecule has 0 saturated carbocycles. The molecule has 108 valence electrons. The van der Waals surface area contributed by atoms with Crippen molar-refractivity contribution in [3.8, 4) is 0 Å². The van der Waals surface area contributed by atoms with Crippen LogP contribution in [-0.2, 0) is 9.53 Å². The third-order valence-electron chi connectivity index (χ3n) is 3.80. The predicted molar refractivity (Wildman–Crippen MR) is 68.6 cm³/mol. The number of carbonyl (C=O) groups excluding carboxylic acids is 1. The van der Waals surface area contributed by atoms with Crippen LogP contribution in [0.25, 0.3) is 0 Å². The van der Waals surface area contributed by atoms with Crippen molar-refractivity contribution in [2.75, 3.05) is 39.9 Å². The molecule has 3 atom stereocenters. The molecule has 0 spiro atoms. The highest BCUT2D eigenvalue weighted by atomic mass is 16.5. The van der Waals surface area contributed by atoms with Crippen LogP contribution in [0.2, 0.25) is 0 Å². The zero-order chi connectivity index (χ0) is 13.2. The van der Waals surface area contributed by atoms with E-state index in [-0.39, 0.29) is 24.5 Å². The molecular formula is C11H22N6O2. The van der Waals surface area contributed by atoms with Crippen molar-refractivity contribution in [1.29, 1.82) is 0 Å². The van der Waals surface area contributed by atoms with E-state index in [1.807, 2.05) is 0 Å². The van der Waals surface area contributed by atoms with E-state index in [2.05, 4.69) is 26.3 Å². The molecule has 8 heteroatoms. The van der Waals surface area contributed by atoms with E-state index < -0.39 is 0 Å². The summed E-state index contributed by atoms with van der Waals surface area (Å²) in [6.07, 6.45) is 0.332. The van der Waals surface area contributed by atoms with Gasteiger partial charge in [0.2, 0.25) is 5.91 Å². The average molecular weight is 270 g/mol. The Labute approximate surface area is 112 Å². The Hall–Kier alpha value is -0.770. The van der Waals surface area contributed by atoms with Gasteiger partial charge in [0.1, 0.15) is 6.29 Å². The van der Waals surface area contributed by atoms with Gasteiger partial charge in [0, 0.05) is 45.8 Å². The lowest BCUT2D eigenvalue weighted by molar-refractivity contribution is -0.141.